The summed E-state index contributed by atoms with van der Waals surface area (Å²) in [5.41, 5.74) is 0.196. The van der Waals surface area contributed by atoms with Crippen molar-refractivity contribution in [3.63, 3.8) is 0 Å². The number of aryl methyl sites for hydroxylation is 1. The van der Waals surface area contributed by atoms with Gasteiger partial charge in [-0.3, -0.25) is 0 Å². The van der Waals surface area contributed by atoms with Crippen LogP contribution in [0.3, 0.4) is 0 Å². The van der Waals surface area contributed by atoms with Crippen LogP contribution in [0, 0.1) is 12.3 Å². The monoisotopic (exact) mass is 288 g/mol. The Hall–Kier alpha value is -2.48. The van der Waals surface area contributed by atoms with Crippen molar-refractivity contribution >= 4 is 12.0 Å². The molecule has 0 radical (unpaired) electrons. The summed E-state index contributed by atoms with van der Waals surface area (Å²) in [5.74, 6) is 1.34. The molecule has 3 N–H and O–H groups in total. The first kappa shape index (κ1) is 16.6. The van der Waals surface area contributed by atoms with Gasteiger partial charge in [-0.05, 0) is 32.3 Å². The van der Waals surface area contributed by atoms with Gasteiger partial charge < -0.3 is 15.7 Å². The number of hydrogen-bond acceptors (Lipinski definition) is 2. The molecule has 5 nitrogen and oxygen atoms in total. The fraction of sp³-hybridized carbons (Fsp3) is 0.375. The zero-order valence-electron chi connectivity index (χ0n) is 12.2. The van der Waals surface area contributed by atoms with E-state index >= 15 is 0 Å². The highest BCUT2D eigenvalue weighted by molar-refractivity contribution is 5.83. The summed E-state index contributed by atoms with van der Waals surface area (Å²) in [6.07, 6.45) is 6.15. The highest BCUT2D eigenvalue weighted by Gasteiger charge is 2.23. The zero-order valence-corrected chi connectivity index (χ0v) is 12.2. The number of amides is 2. The predicted octanol–water partition coefficient (Wildman–Crippen LogP) is 1.78. The number of carboxylic acids is 1. The second kappa shape index (κ2) is 7.34. The van der Waals surface area contributed by atoms with Gasteiger partial charge >= 0.3 is 12.0 Å². The molecule has 0 unspecified atom stereocenters. The summed E-state index contributed by atoms with van der Waals surface area (Å²) in [4.78, 5) is 23.0. The number of benzene rings is 1. The number of urea groups is 1. The minimum absolute atomic E-state index is 0.309. The van der Waals surface area contributed by atoms with Gasteiger partial charge in [0.05, 0.1) is 5.54 Å². The molecule has 1 rings (SSSR count). The maximum atomic E-state index is 11.8. The molecule has 112 valence electrons. The summed E-state index contributed by atoms with van der Waals surface area (Å²) >= 11 is 0. The van der Waals surface area contributed by atoms with Crippen molar-refractivity contribution in [3.05, 3.63) is 35.9 Å². The number of nitrogens with one attached hydrogen (secondary N) is 2. The van der Waals surface area contributed by atoms with Gasteiger partial charge in [-0.1, -0.05) is 36.3 Å². The molecule has 0 heterocycles. The summed E-state index contributed by atoms with van der Waals surface area (Å²) in [7, 11) is 0. The molecule has 0 fully saturated rings. The summed E-state index contributed by atoms with van der Waals surface area (Å²) in [6, 6.07) is 7.96. The van der Waals surface area contributed by atoms with Gasteiger partial charge in [0.2, 0.25) is 0 Å². The largest absolute Gasteiger partial charge is 0.480 e. The van der Waals surface area contributed by atoms with Crippen molar-refractivity contribution in [1.82, 2.24) is 10.6 Å². The minimum atomic E-state index is -1.07. The van der Waals surface area contributed by atoms with Crippen LogP contribution in [-0.2, 0) is 11.2 Å². The Morgan fingerprint density at radius 2 is 1.95 bits per heavy atom. The third-order valence-corrected chi connectivity index (χ3v) is 2.95. The van der Waals surface area contributed by atoms with E-state index in [9.17, 15) is 14.7 Å². The lowest BCUT2D eigenvalue weighted by Gasteiger charge is -2.22. The molecule has 0 bridgehead atoms. The van der Waals surface area contributed by atoms with Crippen molar-refractivity contribution in [1.29, 1.82) is 0 Å². The number of carboxylic acid groups (broad SMARTS) is 1. The molecule has 0 aliphatic heterocycles. The van der Waals surface area contributed by atoms with Gasteiger partial charge in [-0.2, -0.15) is 0 Å². The smallest absolute Gasteiger partial charge is 0.326 e. The Labute approximate surface area is 124 Å². The van der Waals surface area contributed by atoms with Crippen LogP contribution < -0.4 is 10.6 Å². The fourth-order valence-corrected chi connectivity index (χ4v) is 1.73. The fourth-order valence-electron chi connectivity index (χ4n) is 1.73. The highest BCUT2D eigenvalue weighted by Crippen LogP contribution is 2.06. The van der Waals surface area contributed by atoms with Crippen LogP contribution in [0.2, 0.25) is 0 Å². The molecule has 1 aromatic rings. The predicted molar refractivity (Wildman–Crippen MR) is 80.8 cm³/mol. The molecule has 1 atom stereocenters. The highest BCUT2D eigenvalue weighted by atomic mass is 16.4. The SMILES string of the molecule is C#CC(C)(C)NC(=O)N[C@@H](CCc1ccccc1)C(=O)O. The number of carbonyl (C=O) groups is 2. The third-order valence-electron chi connectivity index (χ3n) is 2.95. The van der Waals surface area contributed by atoms with E-state index in [1.165, 1.54) is 0 Å². The Morgan fingerprint density at radius 1 is 1.33 bits per heavy atom. The molecule has 0 aliphatic rings. The van der Waals surface area contributed by atoms with Gasteiger partial charge in [0, 0.05) is 0 Å². The van der Waals surface area contributed by atoms with Crippen LogP contribution in [-0.4, -0.2) is 28.7 Å². The summed E-state index contributed by atoms with van der Waals surface area (Å²) in [5, 5.41) is 14.1. The molecule has 5 heteroatoms. The maximum Gasteiger partial charge on any atom is 0.326 e. The van der Waals surface area contributed by atoms with Crippen molar-refractivity contribution in [3.8, 4) is 12.3 Å². The van der Waals surface area contributed by atoms with Crippen LogP contribution in [0.15, 0.2) is 30.3 Å². The minimum Gasteiger partial charge on any atom is -0.480 e. The van der Waals surface area contributed by atoms with E-state index < -0.39 is 23.6 Å². The van der Waals surface area contributed by atoms with Crippen LogP contribution in [0.25, 0.3) is 0 Å². The first-order chi connectivity index (χ1) is 9.84. The van der Waals surface area contributed by atoms with E-state index in [0.29, 0.717) is 12.8 Å². The quantitative estimate of drug-likeness (QED) is 0.698. The Kier molecular flexibility index (Phi) is 5.79. The van der Waals surface area contributed by atoms with Crippen molar-refractivity contribution in [2.75, 3.05) is 0 Å². The number of rotatable bonds is 6. The van der Waals surface area contributed by atoms with Gasteiger partial charge in [-0.15, -0.1) is 6.42 Å². The molecule has 0 saturated heterocycles. The average molecular weight is 288 g/mol. The van der Waals surface area contributed by atoms with E-state index in [4.69, 9.17) is 6.42 Å². The number of carbonyl (C=O) groups excluding carboxylic acids is 1. The summed E-state index contributed by atoms with van der Waals surface area (Å²) < 4.78 is 0. The second-order valence-electron chi connectivity index (χ2n) is 5.28. The van der Waals surface area contributed by atoms with Crippen LogP contribution >= 0.6 is 0 Å². The normalized spacial score (nSPS) is 12.0. The van der Waals surface area contributed by atoms with Crippen molar-refractivity contribution in [2.45, 2.75) is 38.3 Å². The van der Waals surface area contributed by atoms with Crippen LogP contribution in [0.4, 0.5) is 4.79 Å². The molecule has 2 amide bonds. The Balaban J connectivity index is 2.57. The zero-order chi connectivity index (χ0) is 15.9. The van der Waals surface area contributed by atoms with Gasteiger partial charge in [0.15, 0.2) is 0 Å². The third kappa shape index (κ3) is 6.00. The molecule has 0 aliphatic carbocycles. The van der Waals surface area contributed by atoms with Crippen LogP contribution in [0.1, 0.15) is 25.8 Å². The molecular weight excluding hydrogens is 268 g/mol. The van der Waals surface area contributed by atoms with E-state index in [-0.39, 0.29) is 0 Å². The lowest BCUT2D eigenvalue weighted by Crippen LogP contribution is -2.52. The maximum absolute atomic E-state index is 11.8. The molecule has 0 aromatic heterocycles. The van der Waals surface area contributed by atoms with Gasteiger partial charge in [-0.25, -0.2) is 9.59 Å². The van der Waals surface area contributed by atoms with E-state index in [1.807, 2.05) is 30.3 Å². The van der Waals surface area contributed by atoms with Crippen molar-refractivity contribution in [2.24, 2.45) is 0 Å². The average Bonchev–Trinajstić information content (AvgIpc) is 2.43. The number of hydrogen-bond donors (Lipinski definition) is 3. The van der Waals surface area contributed by atoms with E-state index in [2.05, 4.69) is 16.6 Å². The lowest BCUT2D eigenvalue weighted by molar-refractivity contribution is -0.139. The first-order valence-electron chi connectivity index (χ1n) is 6.67. The summed E-state index contributed by atoms with van der Waals surface area (Å²) in [6.45, 7) is 3.32. The Morgan fingerprint density at radius 3 is 2.48 bits per heavy atom. The van der Waals surface area contributed by atoms with Crippen LogP contribution in [0.5, 0.6) is 0 Å². The Bertz CT molecular complexity index is 532. The number of aliphatic carboxylic acids is 1. The molecule has 21 heavy (non-hydrogen) atoms. The van der Waals surface area contributed by atoms with Gasteiger partial charge in [0.25, 0.3) is 0 Å². The standard InChI is InChI=1S/C16H20N2O3/c1-4-16(2,3)18-15(21)17-13(14(19)20)11-10-12-8-6-5-7-9-12/h1,5-9,13H,10-11H2,2-3H3,(H,19,20)(H2,17,18,21)/t13-/m0/s1. The first-order valence-corrected chi connectivity index (χ1v) is 6.67. The van der Waals surface area contributed by atoms with E-state index in [1.54, 1.807) is 13.8 Å². The molecular formula is C16H20N2O3. The number of terminal acetylenes is 1. The topological polar surface area (TPSA) is 78.4 Å². The molecule has 0 spiro atoms. The van der Waals surface area contributed by atoms with E-state index in [0.717, 1.165) is 5.56 Å². The molecule has 1 aromatic carbocycles. The van der Waals surface area contributed by atoms with Crippen molar-refractivity contribution < 1.29 is 14.7 Å². The molecule has 0 saturated carbocycles. The second-order valence-corrected chi connectivity index (χ2v) is 5.28. The lowest BCUT2D eigenvalue weighted by atomic mass is 10.1. The van der Waals surface area contributed by atoms with Gasteiger partial charge in [0.1, 0.15) is 6.04 Å².